The second-order valence-electron chi connectivity index (χ2n) is 3.35. The van der Waals surface area contributed by atoms with E-state index in [0.717, 1.165) is 12.5 Å². The van der Waals surface area contributed by atoms with E-state index in [9.17, 15) is 0 Å². The van der Waals surface area contributed by atoms with Crippen LogP contribution in [-0.4, -0.2) is 6.54 Å². The molecule has 0 saturated carbocycles. The number of anilines is 1. The Labute approximate surface area is 81.2 Å². The fourth-order valence-corrected chi connectivity index (χ4v) is 1.34. The minimum absolute atomic E-state index is 0.796. The van der Waals surface area contributed by atoms with Crippen molar-refractivity contribution in [3.63, 3.8) is 0 Å². The van der Waals surface area contributed by atoms with Crippen molar-refractivity contribution < 1.29 is 0 Å². The fraction of sp³-hybridized carbons (Fsp3) is 0.500. The Balaban J connectivity index is 2.34. The van der Waals surface area contributed by atoms with Crippen molar-refractivity contribution in [2.75, 3.05) is 11.9 Å². The Morgan fingerprint density at radius 1 is 1.23 bits per heavy atom. The molecule has 0 heterocycles. The van der Waals surface area contributed by atoms with Crippen LogP contribution < -0.4 is 5.32 Å². The highest BCUT2D eigenvalue weighted by molar-refractivity contribution is 5.42. The second-order valence-corrected chi connectivity index (χ2v) is 3.35. The van der Waals surface area contributed by atoms with E-state index in [4.69, 9.17) is 0 Å². The van der Waals surface area contributed by atoms with E-state index < -0.39 is 0 Å². The molecule has 0 aromatic heterocycles. The maximum atomic E-state index is 3.43. The third kappa shape index (κ3) is 3.49. The highest BCUT2D eigenvalue weighted by Crippen LogP contribution is 2.10. The van der Waals surface area contributed by atoms with Gasteiger partial charge in [0.15, 0.2) is 0 Å². The summed E-state index contributed by atoms with van der Waals surface area (Å²) in [5.41, 5.74) is 1.20. The van der Waals surface area contributed by atoms with Crippen LogP contribution in [0.4, 0.5) is 5.69 Å². The lowest BCUT2D eigenvalue weighted by Crippen LogP contribution is -2.12. The van der Waals surface area contributed by atoms with Gasteiger partial charge in [0.1, 0.15) is 0 Å². The Morgan fingerprint density at radius 3 is 2.38 bits per heavy atom. The second kappa shape index (κ2) is 5.63. The van der Waals surface area contributed by atoms with Crippen LogP contribution in [0, 0.1) is 12.0 Å². The van der Waals surface area contributed by atoms with Gasteiger partial charge in [0, 0.05) is 12.2 Å². The van der Waals surface area contributed by atoms with E-state index in [2.05, 4.69) is 37.4 Å². The Kier molecular flexibility index (Phi) is 4.37. The minimum Gasteiger partial charge on any atom is -0.385 e. The molecule has 0 aliphatic heterocycles. The van der Waals surface area contributed by atoms with Gasteiger partial charge in [-0.25, -0.2) is 0 Å². The van der Waals surface area contributed by atoms with Gasteiger partial charge < -0.3 is 5.32 Å². The first-order valence-electron chi connectivity index (χ1n) is 5.06. The normalized spacial score (nSPS) is 10.4. The standard InChI is InChI=1S/C12H18N/c1-3-11(4-2)10-13-12-8-6-5-7-9-12/h6-9,11,13H,3-4,10H2,1-2H3. The largest absolute Gasteiger partial charge is 0.385 e. The van der Waals surface area contributed by atoms with Crippen LogP contribution in [0.15, 0.2) is 24.3 Å². The smallest absolute Gasteiger partial charge is 0.0340 e. The zero-order chi connectivity index (χ0) is 9.52. The average molecular weight is 176 g/mol. The van der Waals surface area contributed by atoms with Gasteiger partial charge in [-0.2, -0.15) is 0 Å². The lowest BCUT2D eigenvalue weighted by atomic mass is 10.0. The lowest BCUT2D eigenvalue weighted by molar-refractivity contribution is 0.519. The van der Waals surface area contributed by atoms with Crippen molar-refractivity contribution in [1.82, 2.24) is 0 Å². The number of benzene rings is 1. The highest BCUT2D eigenvalue weighted by Gasteiger charge is 2.01. The van der Waals surface area contributed by atoms with Crippen LogP contribution in [0.1, 0.15) is 26.7 Å². The van der Waals surface area contributed by atoms with E-state index in [1.807, 2.05) is 12.1 Å². The Hall–Kier alpha value is -0.980. The fourth-order valence-electron chi connectivity index (χ4n) is 1.34. The average Bonchev–Trinajstić information content (AvgIpc) is 2.21. The summed E-state index contributed by atoms with van der Waals surface area (Å²) in [5.74, 6) is 0.796. The van der Waals surface area contributed by atoms with Crippen LogP contribution in [0.25, 0.3) is 0 Å². The number of hydrogen-bond donors (Lipinski definition) is 1. The molecule has 0 unspecified atom stereocenters. The van der Waals surface area contributed by atoms with Crippen LogP contribution in [0.5, 0.6) is 0 Å². The first-order valence-corrected chi connectivity index (χ1v) is 5.06. The summed E-state index contributed by atoms with van der Waals surface area (Å²) < 4.78 is 0. The Morgan fingerprint density at radius 2 is 1.85 bits per heavy atom. The van der Waals surface area contributed by atoms with Crippen molar-refractivity contribution in [1.29, 1.82) is 0 Å². The van der Waals surface area contributed by atoms with E-state index in [1.54, 1.807) is 0 Å². The molecule has 1 nitrogen and oxygen atoms in total. The van der Waals surface area contributed by atoms with Crippen molar-refractivity contribution in [2.24, 2.45) is 5.92 Å². The monoisotopic (exact) mass is 176 g/mol. The SMILES string of the molecule is CCC(CC)CNc1cc[c]cc1. The molecule has 0 bridgehead atoms. The van der Waals surface area contributed by atoms with Crippen molar-refractivity contribution in [3.8, 4) is 0 Å². The first kappa shape index (κ1) is 10.1. The van der Waals surface area contributed by atoms with Crippen molar-refractivity contribution >= 4 is 5.69 Å². The topological polar surface area (TPSA) is 12.0 Å². The van der Waals surface area contributed by atoms with E-state index in [1.165, 1.54) is 18.5 Å². The number of hydrogen-bond acceptors (Lipinski definition) is 1. The molecule has 1 N–H and O–H groups in total. The summed E-state index contributed by atoms with van der Waals surface area (Å²) in [4.78, 5) is 0. The van der Waals surface area contributed by atoms with Crippen molar-refractivity contribution in [2.45, 2.75) is 26.7 Å². The van der Waals surface area contributed by atoms with Gasteiger partial charge in [0.2, 0.25) is 0 Å². The van der Waals surface area contributed by atoms with Gasteiger partial charge >= 0.3 is 0 Å². The minimum atomic E-state index is 0.796. The molecule has 0 aliphatic carbocycles. The molecular weight excluding hydrogens is 158 g/mol. The predicted octanol–water partition coefficient (Wildman–Crippen LogP) is 3.33. The number of rotatable bonds is 5. The maximum Gasteiger partial charge on any atom is 0.0340 e. The molecular formula is C12H18N. The summed E-state index contributed by atoms with van der Waals surface area (Å²) in [7, 11) is 0. The van der Waals surface area contributed by atoms with Gasteiger partial charge in [0.25, 0.3) is 0 Å². The predicted molar refractivity (Wildman–Crippen MR) is 57.8 cm³/mol. The highest BCUT2D eigenvalue weighted by atomic mass is 14.9. The maximum absolute atomic E-state index is 3.43. The molecule has 0 atom stereocenters. The van der Waals surface area contributed by atoms with Gasteiger partial charge in [-0.15, -0.1) is 0 Å². The molecule has 13 heavy (non-hydrogen) atoms. The summed E-state index contributed by atoms with van der Waals surface area (Å²) >= 11 is 0. The summed E-state index contributed by atoms with van der Waals surface area (Å²) in [5, 5.41) is 3.43. The third-order valence-corrected chi connectivity index (χ3v) is 2.47. The van der Waals surface area contributed by atoms with Gasteiger partial charge in [-0.05, 0) is 24.1 Å². The summed E-state index contributed by atoms with van der Waals surface area (Å²) in [6.45, 7) is 5.57. The van der Waals surface area contributed by atoms with Gasteiger partial charge in [-0.3, -0.25) is 0 Å². The lowest BCUT2D eigenvalue weighted by Gasteiger charge is -2.13. The molecule has 1 aromatic rings. The number of nitrogens with one attached hydrogen (secondary N) is 1. The van der Waals surface area contributed by atoms with Crippen LogP contribution in [0.2, 0.25) is 0 Å². The molecule has 0 spiro atoms. The summed E-state index contributed by atoms with van der Waals surface area (Å²) in [6.07, 6.45) is 2.50. The third-order valence-electron chi connectivity index (χ3n) is 2.47. The molecule has 1 aromatic carbocycles. The zero-order valence-electron chi connectivity index (χ0n) is 8.51. The molecule has 1 heteroatoms. The molecule has 71 valence electrons. The van der Waals surface area contributed by atoms with E-state index in [-0.39, 0.29) is 0 Å². The summed E-state index contributed by atoms with van der Waals surface area (Å²) in [6, 6.07) is 11.0. The quantitative estimate of drug-likeness (QED) is 0.725. The van der Waals surface area contributed by atoms with Crippen LogP contribution in [-0.2, 0) is 0 Å². The van der Waals surface area contributed by atoms with Crippen LogP contribution >= 0.6 is 0 Å². The molecule has 0 saturated heterocycles. The van der Waals surface area contributed by atoms with E-state index >= 15 is 0 Å². The molecule has 1 radical (unpaired) electrons. The Bertz CT molecular complexity index is 214. The van der Waals surface area contributed by atoms with E-state index in [0.29, 0.717) is 0 Å². The first-order chi connectivity index (χ1) is 6.36. The van der Waals surface area contributed by atoms with Gasteiger partial charge in [-0.1, -0.05) is 38.8 Å². The van der Waals surface area contributed by atoms with Crippen LogP contribution in [0.3, 0.4) is 0 Å². The van der Waals surface area contributed by atoms with Gasteiger partial charge in [0.05, 0.1) is 0 Å². The zero-order valence-corrected chi connectivity index (χ0v) is 8.51. The molecule has 0 fully saturated rings. The molecule has 1 rings (SSSR count). The molecule has 0 amide bonds. The molecule has 0 aliphatic rings. The van der Waals surface area contributed by atoms with Crippen molar-refractivity contribution in [3.05, 3.63) is 30.3 Å².